The molecule has 0 fully saturated rings. The Bertz CT molecular complexity index is 410. The van der Waals surface area contributed by atoms with Gasteiger partial charge >= 0.3 is 0 Å². The summed E-state index contributed by atoms with van der Waals surface area (Å²) in [7, 11) is 0. The van der Waals surface area contributed by atoms with Crippen LogP contribution in [0.1, 0.15) is 19.4 Å². The number of nitrogens with zero attached hydrogens (tertiary/aromatic N) is 1. The van der Waals surface area contributed by atoms with Gasteiger partial charge in [-0.3, -0.25) is 4.79 Å². The van der Waals surface area contributed by atoms with Crippen molar-refractivity contribution in [1.29, 1.82) is 0 Å². The monoisotopic (exact) mass is 279 g/mol. The molecule has 0 saturated carbocycles. The normalized spacial score (nSPS) is 9.19. The van der Waals surface area contributed by atoms with Gasteiger partial charge in [0.25, 0.3) is 5.91 Å². The average molecular weight is 280 g/mol. The average Bonchev–Trinajstić information content (AvgIpc) is 2.30. The Hall–Kier alpha value is -1.27. The zero-order valence-corrected chi connectivity index (χ0v) is 11.0. The molecule has 0 unspecified atom stereocenters. The third kappa shape index (κ3) is 3.71. The van der Waals surface area contributed by atoms with Crippen LogP contribution < -0.4 is 0 Å². The first kappa shape index (κ1) is 12.8. The number of carbonyl (C=O) groups excluding carboxylic acids is 1. The Morgan fingerprint density at radius 3 is 2.31 bits per heavy atom. The number of carbonyl (C=O) groups is 1. The highest BCUT2D eigenvalue weighted by Gasteiger charge is 2.04. The first-order valence-electron chi connectivity index (χ1n) is 5.23. The Balaban J connectivity index is 2.74. The summed E-state index contributed by atoms with van der Waals surface area (Å²) in [5.74, 6) is 5.38. The number of hydrogen-bond donors (Lipinski definition) is 0. The van der Waals surface area contributed by atoms with Crippen LogP contribution in [0.25, 0.3) is 0 Å². The molecule has 0 spiro atoms. The molecule has 0 bridgehead atoms. The van der Waals surface area contributed by atoms with Crippen molar-refractivity contribution >= 4 is 21.8 Å². The van der Waals surface area contributed by atoms with Crippen molar-refractivity contribution in [2.75, 3.05) is 13.1 Å². The molecule has 0 heterocycles. The van der Waals surface area contributed by atoms with Crippen LogP contribution in [0, 0.1) is 11.8 Å². The van der Waals surface area contributed by atoms with Gasteiger partial charge in [-0.2, -0.15) is 0 Å². The Morgan fingerprint density at radius 1 is 1.25 bits per heavy atom. The van der Waals surface area contributed by atoms with Gasteiger partial charge in [0, 0.05) is 29.0 Å². The Morgan fingerprint density at radius 2 is 1.81 bits per heavy atom. The molecule has 16 heavy (non-hydrogen) atoms. The summed E-state index contributed by atoms with van der Waals surface area (Å²) >= 11 is 3.35. The van der Waals surface area contributed by atoms with Crippen molar-refractivity contribution in [3.05, 3.63) is 34.3 Å². The molecule has 0 N–H and O–H groups in total. The molecule has 0 aliphatic heterocycles. The molecular formula is C13H14BrNO. The van der Waals surface area contributed by atoms with Gasteiger partial charge in [-0.15, -0.1) is 0 Å². The van der Waals surface area contributed by atoms with Crippen molar-refractivity contribution in [1.82, 2.24) is 4.90 Å². The molecule has 1 amide bonds. The molecule has 1 aromatic carbocycles. The van der Waals surface area contributed by atoms with Gasteiger partial charge in [0.05, 0.1) is 0 Å². The molecule has 0 aromatic heterocycles. The number of halogens is 1. The lowest BCUT2D eigenvalue weighted by Crippen LogP contribution is -2.29. The van der Waals surface area contributed by atoms with Crippen LogP contribution in [0.5, 0.6) is 0 Å². The molecule has 0 aliphatic rings. The van der Waals surface area contributed by atoms with Gasteiger partial charge in [-0.25, -0.2) is 0 Å². The third-order valence-electron chi connectivity index (χ3n) is 2.21. The zero-order chi connectivity index (χ0) is 12.0. The standard InChI is InChI=1S/C13H14BrNO/c1-3-15(4-2)13(16)10-7-11-5-8-12(14)9-6-11/h5-6,8-9H,3-4H2,1-2H3. The summed E-state index contributed by atoms with van der Waals surface area (Å²) in [6, 6.07) is 7.58. The second-order valence-electron chi connectivity index (χ2n) is 3.23. The molecule has 1 aromatic rings. The zero-order valence-electron chi connectivity index (χ0n) is 9.46. The van der Waals surface area contributed by atoms with Crippen molar-refractivity contribution in [3.63, 3.8) is 0 Å². The second-order valence-corrected chi connectivity index (χ2v) is 4.15. The molecule has 0 aliphatic carbocycles. The SMILES string of the molecule is CCN(CC)C(=O)C#Cc1ccc(Br)cc1. The molecule has 0 atom stereocenters. The highest BCUT2D eigenvalue weighted by molar-refractivity contribution is 9.10. The lowest BCUT2D eigenvalue weighted by atomic mass is 10.2. The third-order valence-corrected chi connectivity index (χ3v) is 2.74. The van der Waals surface area contributed by atoms with Gasteiger partial charge in [0.2, 0.25) is 0 Å². The maximum atomic E-state index is 11.6. The van der Waals surface area contributed by atoms with Crippen LogP contribution >= 0.6 is 15.9 Å². The molecule has 0 radical (unpaired) electrons. The number of amides is 1. The van der Waals surface area contributed by atoms with E-state index in [2.05, 4.69) is 27.8 Å². The predicted octanol–water partition coefficient (Wildman–Crippen LogP) is 2.67. The summed E-state index contributed by atoms with van der Waals surface area (Å²) in [6.45, 7) is 5.29. The minimum Gasteiger partial charge on any atom is -0.332 e. The van der Waals surface area contributed by atoms with Crippen molar-refractivity contribution in [2.24, 2.45) is 0 Å². The summed E-state index contributed by atoms with van der Waals surface area (Å²) in [6.07, 6.45) is 0. The smallest absolute Gasteiger partial charge is 0.298 e. The fourth-order valence-corrected chi connectivity index (χ4v) is 1.51. The Labute approximate surface area is 105 Å². The highest BCUT2D eigenvalue weighted by atomic mass is 79.9. The molecule has 3 heteroatoms. The van der Waals surface area contributed by atoms with E-state index < -0.39 is 0 Å². The number of hydrogen-bond acceptors (Lipinski definition) is 1. The molecule has 2 nitrogen and oxygen atoms in total. The van der Waals surface area contributed by atoms with Crippen molar-refractivity contribution < 1.29 is 4.79 Å². The van der Waals surface area contributed by atoms with E-state index in [1.807, 2.05) is 38.1 Å². The topological polar surface area (TPSA) is 20.3 Å². The minimum atomic E-state index is -0.118. The maximum absolute atomic E-state index is 11.6. The first-order chi connectivity index (χ1) is 7.67. The molecule has 1 rings (SSSR count). The summed E-state index contributed by atoms with van der Waals surface area (Å²) < 4.78 is 1.01. The molecule has 0 saturated heterocycles. The predicted molar refractivity (Wildman–Crippen MR) is 68.9 cm³/mol. The number of benzene rings is 1. The van der Waals surface area contributed by atoms with Crippen LogP contribution in [-0.4, -0.2) is 23.9 Å². The fourth-order valence-electron chi connectivity index (χ4n) is 1.25. The van der Waals surface area contributed by atoms with Gasteiger partial charge in [0.15, 0.2) is 0 Å². The van der Waals surface area contributed by atoms with E-state index in [9.17, 15) is 4.79 Å². The Kier molecular flexibility index (Phi) is 5.07. The lowest BCUT2D eigenvalue weighted by molar-refractivity contribution is -0.124. The van der Waals surface area contributed by atoms with Crippen LogP contribution in [0.2, 0.25) is 0 Å². The molecule has 84 valence electrons. The van der Waals surface area contributed by atoms with E-state index in [4.69, 9.17) is 0 Å². The second kappa shape index (κ2) is 6.34. The largest absolute Gasteiger partial charge is 0.332 e. The van der Waals surface area contributed by atoms with E-state index in [0.717, 1.165) is 10.0 Å². The van der Waals surface area contributed by atoms with Gasteiger partial charge in [-0.05, 0) is 38.1 Å². The maximum Gasteiger partial charge on any atom is 0.298 e. The summed E-state index contributed by atoms with van der Waals surface area (Å²) in [5, 5.41) is 0. The van der Waals surface area contributed by atoms with Crippen LogP contribution in [0.4, 0.5) is 0 Å². The minimum absolute atomic E-state index is 0.118. The summed E-state index contributed by atoms with van der Waals surface area (Å²) in [4.78, 5) is 13.3. The van der Waals surface area contributed by atoms with E-state index in [1.165, 1.54) is 0 Å². The van der Waals surface area contributed by atoms with E-state index >= 15 is 0 Å². The first-order valence-corrected chi connectivity index (χ1v) is 6.03. The highest BCUT2D eigenvalue weighted by Crippen LogP contribution is 2.09. The van der Waals surface area contributed by atoms with Crippen molar-refractivity contribution in [2.45, 2.75) is 13.8 Å². The van der Waals surface area contributed by atoms with Crippen LogP contribution in [0.3, 0.4) is 0 Å². The van der Waals surface area contributed by atoms with E-state index in [-0.39, 0.29) is 5.91 Å². The van der Waals surface area contributed by atoms with E-state index in [1.54, 1.807) is 4.90 Å². The van der Waals surface area contributed by atoms with Gasteiger partial charge in [0.1, 0.15) is 0 Å². The van der Waals surface area contributed by atoms with Crippen molar-refractivity contribution in [3.8, 4) is 11.8 Å². The van der Waals surface area contributed by atoms with Gasteiger partial charge < -0.3 is 4.90 Å². The quantitative estimate of drug-likeness (QED) is 0.763. The van der Waals surface area contributed by atoms with Crippen LogP contribution in [-0.2, 0) is 4.79 Å². The van der Waals surface area contributed by atoms with E-state index in [0.29, 0.717) is 13.1 Å². The lowest BCUT2D eigenvalue weighted by Gasteiger charge is -2.14. The van der Waals surface area contributed by atoms with Crippen LogP contribution in [0.15, 0.2) is 28.7 Å². The summed E-state index contributed by atoms with van der Waals surface area (Å²) in [5.41, 5.74) is 0.851. The molecular weight excluding hydrogens is 266 g/mol. The fraction of sp³-hybridized carbons (Fsp3) is 0.308. The van der Waals surface area contributed by atoms with Gasteiger partial charge in [-0.1, -0.05) is 21.9 Å². The number of rotatable bonds is 2.